The van der Waals surface area contributed by atoms with Gasteiger partial charge in [0.15, 0.2) is 0 Å². The van der Waals surface area contributed by atoms with Crippen LogP contribution in [0.3, 0.4) is 0 Å². The molecule has 5 unspecified atom stereocenters. The number of hydrogen-bond donors (Lipinski definition) is 0. The van der Waals surface area contributed by atoms with Crippen LogP contribution in [-0.2, 0) is 56.9 Å². The highest BCUT2D eigenvalue weighted by Crippen LogP contribution is 2.57. The summed E-state index contributed by atoms with van der Waals surface area (Å²) in [7, 11) is -3.98. The van der Waals surface area contributed by atoms with Crippen LogP contribution in [0.1, 0.15) is 30.5 Å². The van der Waals surface area contributed by atoms with Gasteiger partial charge in [-0.2, -0.15) is 0 Å². The van der Waals surface area contributed by atoms with E-state index in [9.17, 15) is 4.57 Å². The Bertz CT molecular complexity index is 1560. The number of benzene rings is 4. The van der Waals surface area contributed by atoms with Gasteiger partial charge in [-0.1, -0.05) is 135 Å². The Kier molecular flexibility index (Phi) is 12.2. The fourth-order valence-corrected chi connectivity index (χ4v) is 8.39. The summed E-state index contributed by atoms with van der Waals surface area (Å²) in [5.41, 5.74) is 2.06. The predicted octanol–water partition coefficient (Wildman–Crippen LogP) is 8.46. The van der Waals surface area contributed by atoms with Crippen molar-refractivity contribution in [2.75, 3.05) is 19.8 Å². The van der Waals surface area contributed by atoms with Gasteiger partial charge in [-0.05, 0) is 28.8 Å². The summed E-state index contributed by atoms with van der Waals surface area (Å²) in [5, 5.41) is 0. The Hall–Kier alpha value is -2.82. The molecule has 0 aliphatic carbocycles. The Morgan fingerprint density at radius 3 is 1.69 bits per heavy atom. The van der Waals surface area contributed by atoms with Crippen LogP contribution in [0.4, 0.5) is 0 Å². The maximum atomic E-state index is 14.1. The topological polar surface area (TPSA) is 81.7 Å². The Morgan fingerprint density at radius 2 is 1.15 bits per heavy atom. The largest absolute Gasteiger partial charge is 0.475 e. The number of thioether (sulfide) groups is 1. The molecule has 2 aliphatic rings. The van der Waals surface area contributed by atoms with Gasteiger partial charge in [0.05, 0.1) is 39.6 Å². The van der Waals surface area contributed by atoms with E-state index >= 15 is 0 Å². The standard InChI is InChI=1S/C38H43O8PS/c1-38(2)27-43-47(39,44-28-38)46-36-35(42-25-31-19-11-5-12-20-31)34(41-24-30-17-9-4-10-18-30)33(26-40-23-29-15-7-3-8-16-29)45-37(36)48-32-21-13-6-14-22-32/h3-22,33-37H,23-28H2,1-2H3. The molecule has 5 atom stereocenters. The fourth-order valence-electron chi connectivity index (χ4n) is 5.44. The quantitative estimate of drug-likeness (QED) is 0.121. The summed E-state index contributed by atoms with van der Waals surface area (Å²) in [6, 6.07) is 39.8. The zero-order valence-corrected chi connectivity index (χ0v) is 29.0. The first kappa shape index (κ1) is 35.0. The third-order valence-electron chi connectivity index (χ3n) is 8.03. The summed E-state index contributed by atoms with van der Waals surface area (Å²) in [5.74, 6) is 0. The molecule has 48 heavy (non-hydrogen) atoms. The molecule has 6 rings (SSSR count). The average Bonchev–Trinajstić information content (AvgIpc) is 3.11. The lowest BCUT2D eigenvalue weighted by atomic mass is 9.97. The molecule has 0 amide bonds. The maximum Gasteiger partial charge on any atom is 0.475 e. The minimum atomic E-state index is -3.98. The minimum Gasteiger partial charge on any atom is -0.374 e. The monoisotopic (exact) mass is 690 g/mol. The second kappa shape index (κ2) is 16.7. The van der Waals surface area contributed by atoms with Gasteiger partial charge in [0.1, 0.15) is 29.9 Å². The van der Waals surface area contributed by atoms with Crippen molar-refractivity contribution in [3.63, 3.8) is 0 Å². The first-order valence-electron chi connectivity index (χ1n) is 16.2. The normalized spacial score (nSPS) is 25.0. The molecule has 8 nitrogen and oxygen atoms in total. The van der Waals surface area contributed by atoms with Crippen molar-refractivity contribution < 1.29 is 37.1 Å². The lowest BCUT2D eigenvalue weighted by Crippen LogP contribution is -2.60. The number of hydrogen-bond acceptors (Lipinski definition) is 9. The van der Waals surface area contributed by atoms with Crippen molar-refractivity contribution in [3.8, 4) is 0 Å². The first-order chi connectivity index (χ1) is 23.4. The van der Waals surface area contributed by atoms with Gasteiger partial charge in [0.25, 0.3) is 0 Å². The molecule has 10 heteroatoms. The first-order valence-corrected chi connectivity index (χ1v) is 18.6. The summed E-state index contributed by atoms with van der Waals surface area (Å²) in [6.45, 7) is 5.66. The van der Waals surface area contributed by atoms with Gasteiger partial charge in [-0.3, -0.25) is 13.6 Å². The molecule has 0 bridgehead atoms. The number of phosphoric ester groups is 1. The molecule has 2 aliphatic heterocycles. The minimum absolute atomic E-state index is 0.230. The van der Waals surface area contributed by atoms with Gasteiger partial charge in [0.2, 0.25) is 0 Å². The van der Waals surface area contributed by atoms with E-state index in [4.69, 9.17) is 32.5 Å². The Balaban J connectivity index is 1.33. The van der Waals surface area contributed by atoms with Crippen molar-refractivity contribution >= 4 is 19.6 Å². The predicted molar refractivity (Wildman–Crippen MR) is 185 cm³/mol. The summed E-state index contributed by atoms with van der Waals surface area (Å²) in [6.07, 6.45) is -2.83. The van der Waals surface area contributed by atoms with E-state index in [1.807, 2.05) is 135 Å². The third kappa shape index (κ3) is 9.88. The Morgan fingerprint density at radius 1 is 0.667 bits per heavy atom. The van der Waals surface area contributed by atoms with Crippen LogP contribution in [0.5, 0.6) is 0 Å². The lowest BCUT2D eigenvalue weighted by molar-refractivity contribution is -0.241. The molecule has 0 saturated carbocycles. The highest BCUT2D eigenvalue weighted by atomic mass is 32.2. The number of phosphoric acid groups is 1. The molecule has 0 aromatic heterocycles. The molecule has 4 aromatic rings. The molecular formula is C38H43O8PS. The van der Waals surface area contributed by atoms with Crippen LogP contribution in [0.2, 0.25) is 0 Å². The zero-order chi connectivity index (χ0) is 33.2. The smallest absolute Gasteiger partial charge is 0.374 e. The van der Waals surface area contributed by atoms with Crippen molar-refractivity contribution in [1.82, 2.24) is 0 Å². The SMILES string of the molecule is CC1(C)COP(=O)(OC2C(Sc3ccccc3)OC(COCc3ccccc3)C(OCc3ccccc3)C2OCc2ccccc2)OC1. The molecule has 0 spiro atoms. The van der Waals surface area contributed by atoms with Crippen molar-refractivity contribution in [1.29, 1.82) is 0 Å². The van der Waals surface area contributed by atoms with E-state index in [0.29, 0.717) is 13.2 Å². The molecular weight excluding hydrogens is 647 g/mol. The van der Waals surface area contributed by atoms with E-state index < -0.39 is 37.7 Å². The molecule has 0 radical (unpaired) electrons. The van der Waals surface area contributed by atoms with Crippen LogP contribution >= 0.6 is 19.6 Å². The van der Waals surface area contributed by atoms with E-state index in [-0.39, 0.29) is 31.8 Å². The highest BCUT2D eigenvalue weighted by molar-refractivity contribution is 7.99. The number of rotatable bonds is 14. The van der Waals surface area contributed by atoms with E-state index in [1.165, 1.54) is 11.8 Å². The second-order valence-corrected chi connectivity index (χ2v) is 15.5. The summed E-state index contributed by atoms with van der Waals surface area (Å²) in [4.78, 5) is 0.954. The van der Waals surface area contributed by atoms with Crippen LogP contribution in [0.25, 0.3) is 0 Å². The van der Waals surface area contributed by atoms with Crippen LogP contribution in [0.15, 0.2) is 126 Å². The van der Waals surface area contributed by atoms with Gasteiger partial charge in [-0.25, -0.2) is 4.57 Å². The fraction of sp³-hybridized carbons (Fsp3) is 0.368. The van der Waals surface area contributed by atoms with Crippen LogP contribution in [-0.4, -0.2) is 49.7 Å². The molecule has 2 fully saturated rings. The summed E-state index contributed by atoms with van der Waals surface area (Å²) >= 11 is 1.46. The van der Waals surface area contributed by atoms with Gasteiger partial charge in [-0.15, -0.1) is 0 Å². The van der Waals surface area contributed by atoms with Crippen LogP contribution in [0, 0.1) is 5.41 Å². The van der Waals surface area contributed by atoms with Crippen LogP contribution < -0.4 is 0 Å². The molecule has 254 valence electrons. The maximum absolute atomic E-state index is 14.1. The van der Waals surface area contributed by atoms with E-state index in [1.54, 1.807) is 0 Å². The molecule has 2 heterocycles. The Labute approximate surface area is 287 Å². The van der Waals surface area contributed by atoms with Crippen molar-refractivity contribution in [2.45, 2.75) is 68.4 Å². The second-order valence-electron chi connectivity index (χ2n) is 12.7. The lowest BCUT2D eigenvalue weighted by Gasteiger charge is -2.46. The highest BCUT2D eigenvalue weighted by Gasteiger charge is 2.53. The van der Waals surface area contributed by atoms with Gasteiger partial charge < -0.3 is 18.9 Å². The van der Waals surface area contributed by atoms with Gasteiger partial charge in [0, 0.05) is 10.3 Å². The van der Waals surface area contributed by atoms with Crippen molar-refractivity contribution in [3.05, 3.63) is 138 Å². The zero-order valence-electron chi connectivity index (χ0n) is 27.3. The average molecular weight is 691 g/mol. The number of ether oxygens (including phenoxy) is 4. The van der Waals surface area contributed by atoms with Gasteiger partial charge >= 0.3 is 7.82 Å². The summed E-state index contributed by atoms with van der Waals surface area (Å²) < 4.78 is 58.6. The molecule has 4 aromatic carbocycles. The van der Waals surface area contributed by atoms with E-state index in [2.05, 4.69) is 0 Å². The van der Waals surface area contributed by atoms with E-state index in [0.717, 1.165) is 21.6 Å². The molecule has 0 N–H and O–H groups in total. The third-order valence-corrected chi connectivity index (χ3v) is 10.6. The van der Waals surface area contributed by atoms with Crippen molar-refractivity contribution in [2.24, 2.45) is 5.41 Å². The molecule has 2 saturated heterocycles.